The summed E-state index contributed by atoms with van der Waals surface area (Å²) in [5, 5.41) is 0. The largest absolute Gasteiger partial charge is 0.490 e. The summed E-state index contributed by atoms with van der Waals surface area (Å²) in [6.45, 7) is 14.4. The molecule has 58 heavy (non-hydrogen) atoms. The second kappa shape index (κ2) is 21.5. The minimum atomic E-state index is -0.677. The van der Waals surface area contributed by atoms with E-state index in [1.165, 1.54) is 11.1 Å². The lowest BCUT2D eigenvalue weighted by Gasteiger charge is -2.38. The molecule has 0 saturated heterocycles. The minimum Gasteiger partial charge on any atom is -0.490 e. The van der Waals surface area contributed by atoms with Gasteiger partial charge in [0.05, 0.1) is 33.0 Å². The predicted octanol–water partition coefficient (Wildman–Crippen LogP) is 11.3. The van der Waals surface area contributed by atoms with Gasteiger partial charge in [-0.1, -0.05) is 157 Å². The van der Waals surface area contributed by atoms with Crippen molar-refractivity contribution in [2.45, 2.75) is 92.4 Å². The zero-order valence-electron chi connectivity index (χ0n) is 34.9. The Bertz CT molecular complexity index is 2070. The van der Waals surface area contributed by atoms with Crippen LogP contribution in [-0.2, 0) is 45.4 Å². The van der Waals surface area contributed by atoms with Gasteiger partial charge in [0, 0.05) is 0 Å². The molecule has 6 rings (SSSR count). The van der Waals surface area contributed by atoms with E-state index < -0.39 is 24.4 Å². The summed E-state index contributed by atoms with van der Waals surface area (Å²) in [5.41, 5.74) is 10.8. The Balaban J connectivity index is 1.44. The summed E-state index contributed by atoms with van der Waals surface area (Å²) < 4.78 is 41.6. The van der Waals surface area contributed by atoms with Crippen LogP contribution in [0.25, 0.3) is 0 Å². The highest BCUT2D eigenvalue weighted by molar-refractivity contribution is 5.44. The molecule has 6 aromatic carbocycles. The highest BCUT2D eigenvalue weighted by Gasteiger charge is 2.40. The Morgan fingerprint density at radius 1 is 0.379 bits per heavy atom. The van der Waals surface area contributed by atoms with Gasteiger partial charge in [-0.2, -0.15) is 0 Å². The SMILES string of the molecule is Cc1cc(C)c(OC[C@H](OCc2ccccc2)[C@@H](OCc2ccccc2)[C@@H](OCc2ccccc2)[C@@H](COCc2ccccc2)Oc2c(C)cc(C)cc2C)c(C)c1. The lowest BCUT2D eigenvalue weighted by Crippen LogP contribution is -2.53. The molecular weight excluding hydrogens is 721 g/mol. The third-order valence-electron chi connectivity index (χ3n) is 10.2. The predicted molar refractivity (Wildman–Crippen MR) is 232 cm³/mol. The first-order chi connectivity index (χ1) is 28.2. The molecule has 0 aliphatic carbocycles. The van der Waals surface area contributed by atoms with Crippen molar-refractivity contribution in [1.82, 2.24) is 0 Å². The Morgan fingerprint density at radius 3 is 1.17 bits per heavy atom. The Labute approximate surface area is 345 Å². The van der Waals surface area contributed by atoms with E-state index in [2.05, 4.69) is 114 Å². The molecule has 0 spiro atoms. The highest BCUT2D eigenvalue weighted by atomic mass is 16.6. The second-order valence-electron chi connectivity index (χ2n) is 15.3. The van der Waals surface area contributed by atoms with Gasteiger partial charge in [-0.05, 0) is 86.1 Å². The molecule has 0 amide bonds. The van der Waals surface area contributed by atoms with Crippen molar-refractivity contribution in [3.05, 3.63) is 201 Å². The third-order valence-corrected chi connectivity index (χ3v) is 10.2. The first kappa shape index (κ1) is 42.4. The maximum Gasteiger partial charge on any atom is 0.151 e. The van der Waals surface area contributed by atoms with Crippen molar-refractivity contribution < 1.29 is 28.4 Å². The topological polar surface area (TPSA) is 55.4 Å². The van der Waals surface area contributed by atoms with Crippen molar-refractivity contribution in [1.29, 1.82) is 0 Å². The zero-order valence-corrected chi connectivity index (χ0v) is 34.9. The Hall–Kier alpha value is -5.24. The molecule has 4 atom stereocenters. The number of benzene rings is 6. The molecule has 0 unspecified atom stereocenters. The summed E-state index contributed by atoms with van der Waals surface area (Å²) in [6.07, 6.45) is -2.55. The molecular formula is C52H58O6. The number of aryl methyl sites for hydroxylation is 6. The van der Waals surface area contributed by atoms with E-state index in [0.29, 0.717) is 26.4 Å². The smallest absolute Gasteiger partial charge is 0.151 e. The molecule has 0 bridgehead atoms. The molecule has 6 heteroatoms. The summed E-state index contributed by atoms with van der Waals surface area (Å²) in [6, 6.07) is 49.4. The maximum absolute atomic E-state index is 7.15. The summed E-state index contributed by atoms with van der Waals surface area (Å²) >= 11 is 0. The lowest BCUT2D eigenvalue weighted by molar-refractivity contribution is -0.188. The van der Waals surface area contributed by atoms with Gasteiger partial charge in [-0.15, -0.1) is 0 Å². The minimum absolute atomic E-state index is 0.211. The van der Waals surface area contributed by atoms with Gasteiger partial charge in [-0.25, -0.2) is 0 Å². The van der Waals surface area contributed by atoms with Crippen LogP contribution >= 0.6 is 0 Å². The van der Waals surface area contributed by atoms with Gasteiger partial charge >= 0.3 is 0 Å². The molecule has 6 nitrogen and oxygen atoms in total. The van der Waals surface area contributed by atoms with Crippen LogP contribution in [0, 0.1) is 41.5 Å². The zero-order chi connectivity index (χ0) is 40.7. The normalized spacial score (nSPS) is 13.4. The van der Waals surface area contributed by atoms with Crippen molar-refractivity contribution in [3.63, 3.8) is 0 Å². The molecule has 0 aliphatic heterocycles. The fourth-order valence-corrected chi connectivity index (χ4v) is 7.50. The van der Waals surface area contributed by atoms with Gasteiger partial charge in [0.25, 0.3) is 0 Å². The highest BCUT2D eigenvalue weighted by Crippen LogP contribution is 2.31. The quantitative estimate of drug-likeness (QED) is 0.0725. The van der Waals surface area contributed by atoms with E-state index in [-0.39, 0.29) is 13.2 Å². The van der Waals surface area contributed by atoms with Gasteiger partial charge in [0.2, 0.25) is 0 Å². The van der Waals surface area contributed by atoms with E-state index in [9.17, 15) is 0 Å². The molecule has 302 valence electrons. The van der Waals surface area contributed by atoms with Crippen LogP contribution in [-0.4, -0.2) is 37.6 Å². The van der Waals surface area contributed by atoms with Crippen LogP contribution in [0.3, 0.4) is 0 Å². The van der Waals surface area contributed by atoms with Crippen LogP contribution in [0.1, 0.15) is 55.6 Å². The van der Waals surface area contributed by atoms with Gasteiger partial charge in [0.15, 0.2) is 6.10 Å². The van der Waals surface area contributed by atoms with Gasteiger partial charge in [0.1, 0.15) is 36.4 Å². The third kappa shape index (κ3) is 12.4. The summed E-state index contributed by atoms with van der Waals surface area (Å²) in [7, 11) is 0. The Morgan fingerprint density at radius 2 is 0.741 bits per heavy atom. The van der Waals surface area contributed by atoms with E-state index >= 15 is 0 Å². The van der Waals surface area contributed by atoms with Gasteiger partial charge < -0.3 is 28.4 Å². The average molecular weight is 779 g/mol. The number of rotatable bonds is 21. The van der Waals surface area contributed by atoms with E-state index in [1.807, 2.05) is 72.8 Å². The van der Waals surface area contributed by atoms with Crippen LogP contribution in [0.2, 0.25) is 0 Å². The summed E-state index contributed by atoms with van der Waals surface area (Å²) in [5.74, 6) is 1.64. The lowest BCUT2D eigenvalue weighted by atomic mass is 10.0. The van der Waals surface area contributed by atoms with Crippen molar-refractivity contribution in [2.75, 3.05) is 13.2 Å². The molecule has 0 fully saturated rings. The molecule has 0 heterocycles. The number of hydrogen-bond donors (Lipinski definition) is 0. The van der Waals surface area contributed by atoms with Gasteiger partial charge in [-0.3, -0.25) is 0 Å². The monoisotopic (exact) mass is 778 g/mol. The number of ether oxygens (including phenoxy) is 6. The maximum atomic E-state index is 7.15. The molecule has 0 aliphatic rings. The van der Waals surface area contributed by atoms with Crippen LogP contribution in [0.5, 0.6) is 11.5 Å². The standard InChI is InChI=1S/C52H58O6/c1-37-27-39(3)49(40(4)28-37)57-36-47(54-32-44-21-13-8-14-22-44)51(55-33-45-23-15-9-16-24-45)52(56-34-46-25-17-10-18-26-46)48(35-53-31-43-19-11-7-12-20-43)58-50-41(5)29-38(2)30-42(50)6/h7-30,47-48,51-52H,31-36H2,1-6H3/t47-,48+,51+,52-/m0/s1. The fraction of sp³-hybridized carbons (Fsp3) is 0.308. The second-order valence-corrected chi connectivity index (χ2v) is 15.3. The van der Waals surface area contributed by atoms with Crippen molar-refractivity contribution in [3.8, 4) is 11.5 Å². The molecule has 0 radical (unpaired) electrons. The van der Waals surface area contributed by atoms with Crippen molar-refractivity contribution in [2.24, 2.45) is 0 Å². The Kier molecular flexibility index (Phi) is 15.7. The van der Waals surface area contributed by atoms with E-state index in [4.69, 9.17) is 28.4 Å². The molecule has 0 aromatic heterocycles. The number of hydrogen-bond acceptors (Lipinski definition) is 6. The molecule has 0 saturated carbocycles. The van der Waals surface area contributed by atoms with Crippen LogP contribution in [0.4, 0.5) is 0 Å². The summed E-state index contributed by atoms with van der Waals surface area (Å²) in [4.78, 5) is 0. The molecule has 6 aromatic rings. The van der Waals surface area contributed by atoms with Crippen molar-refractivity contribution >= 4 is 0 Å². The van der Waals surface area contributed by atoms with Crippen LogP contribution in [0.15, 0.2) is 146 Å². The first-order valence-corrected chi connectivity index (χ1v) is 20.3. The average Bonchev–Trinajstić information content (AvgIpc) is 3.22. The first-order valence-electron chi connectivity index (χ1n) is 20.3. The van der Waals surface area contributed by atoms with E-state index in [0.717, 1.165) is 56.0 Å². The fourth-order valence-electron chi connectivity index (χ4n) is 7.50. The van der Waals surface area contributed by atoms with Crippen LogP contribution < -0.4 is 9.47 Å². The molecule has 0 N–H and O–H groups in total. The van der Waals surface area contributed by atoms with E-state index in [1.54, 1.807) is 0 Å².